The minimum atomic E-state index is -3.60. The molecule has 0 spiro atoms. The van der Waals surface area contributed by atoms with Crippen LogP contribution in [0.25, 0.3) is 10.9 Å². The molecular formula is C24H30N4O5S. The van der Waals surface area contributed by atoms with E-state index >= 15 is 0 Å². The number of hydrogen-bond acceptors (Lipinski definition) is 7. The smallest absolute Gasteiger partial charge is 0.270 e. The Kier molecular flexibility index (Phi) is 8.43. The number of nitrogens with zero attached hydrogens (tertiary/aromatic N) is 4. The maximum atomic E-state index is 12.6. The number of rotatable bonds is 7. The number of hydrogen-bond donors (Lipinski definition) is 0. The number of piperazine rings is 1. The van der Waals surface area contributed by atoms with Crippen LogP contribution in [0.3, 0.4) is 0 Å². The van der Waals surface area contributed by atoms with Gasteiger partial charge in [0, 0.05) is 56.4 Å². The number of likely N-dealkylation sites (N-methyl/N-ethyl adjacent to an activating group) is 1. The van der Waals surface area contributed by atoms with E-state index in [0.717, 1.165) is 37.5 Å². The van der Waals surface area contributed by atoms with E-state index in [1.165, 1.54) is 28.2 Å². The summed E-state index contributed by atoms with van der Waals surface area (Å²) in [6, 6.07) is 14.0. The van der Waals surface area contributed by atoms with Crippen LogP contribution in [-0.2, 0) is 16.6 Å². The fourth-order valence-corrected chi connectivity index (χ4v) is 4.96. The van der Waals surface area contributed by atoms with Crippen LogP contribution in [-0.4, -0.2) is 73.2 Å². The molecule has 1 aliphatic rings. The van der Waals surface area contributed by atoms with Gasteiger partial charge < -0.3 is 9.64 Å². The van der Waals surface area contributed by atoms with Gasteiger partial charge >= 0.3 is 0 Å². The van der Waals surface area contributed by atoms with Crippen molar-refractivity contribution in [3.8, 4) is 5.75 Å². The summed E-state index contributed by atoms with van der Waals surface area (Å²) < 4.78 is 31.2. The standard InChI is InChI=1S/C17H22N4O4S.C7H8O/c1-3-10-26(24,25)20-13-14(12-19-8-6-18(2)7-9-19)16-11-15(21(22)23)4-5-17(16)20;1-8-7-5-3-2-4-6-7/h3-5,11,13H,1,6-10,12H2,2H3;2-6H,1H3. The monoisotopic (exact) mass is 486 g/mol. The number of methoxy groups -OCH3 is 1. The Labute approximate surface area is 200 Å². The SMILES string of the molecule is C=CCS(=O)(=O)n1cc(CN2CCN(C)CC2)c2cc([N+](=O)[O-])ccc21.COc1ccccc1. The first kappa shape index (κ1) is 25.4. The zero-order valence-corrected chi connectivity index (χ0v) is 20.3. The molecule has 9 nitrogen and oxygen atoms in total. The molecule has 0 aliphatic carbocycles. The summed E-state index contributed by atoms with van der Waals surface area (Å²) in [4.78, 5) is 15.1. The first-order valence-corrected chi connectivity index (χ1v) is 12.5. The minimum absolute atomic E-state index is 0.0454. The number of benzene rings is 2. The normalized spacial score (nSPS) is 14.9. The molecule has 2 aromatic carbocycles. The van der Waals surface area contributed by atoms with Crippen LogP contribution in [0.5, 0.6) is 5.75 Å². The summed E-state index contributed by atoms with van der Waals surface area (Å²) in [5.74, 6) is 0.717. The van der Waals surface area contributed by atoms with Gasteiger partial charge in [-0.25, -0.2) is 12.4 Å². The molecule has 1 aromatic heterocycles. The second kappa shape index (κ2) is 11.3. The van der Waals surface area contributed by atoms with Crippen LogP contribution in [0.4, 0.5) is 5.69 Å². The van der Waals surface area contributed by atoms with E-state index in [4.69, 9.17) is 4.74 Å². The molecule has 182 valence electrons. The lowest BCUT2D eigenvalue weighted by Gasteiger charge is -2.32. The van der Waals surface area contributed by atoms with Gasteiger partial charge in [-0.05, 0) is 30.8 Å². The van der Waals surface area contributed by atoms with Crippen molar-refractivity contribution in [1.29, 1.82) is 0 Å². The molecule has 34 heavy (non-hydrogen) atoms. The first-order chi connectivity index (χ1) is 16.2. The van der Waals surface area contributed by atoms with Crippen LogP contribution in [0, 0.1) is 10.1 Å². The third kappa shape index (κ3) is 6.22. The van der Waals surface area contributed by atoms with Gasteiger partial charge in [-0.2, -0.15) is 0 Å². The van der Waals surface area contributed by atoms with Crippen LogP contribution in [0.15, 0.2) is 67.4 Å². The third-order valence-corrected chi connectivity index (χ3v) is 7.20. The van der Waals surface area contributed by atoms with Crippen LogP contribution in [0.1, 0.15) is 5.56 Å². The highest BCUT2D eigenvalue weighted by Crippen LogP contribution is 2.28. The Bertz CT molecular complexity index is 1230. The highest BCUT2D eigenvalue weighted by molar-refractivity contribution is 7.90. The number of nitro benzene ring substituents is 1. The molecule has 0 atom stereocenters. The zero-order valence-electron chi connectivity index (χ0n) is 19.5. The summed E-state index contributed by atoms with van der Waals surface area (Å²) in [5, 5.41) is 11.7. The highest BCUT2D eigenvalue weighted by atomic mass is 32.2. The summed E-state index contributed by atoms with van der Waals surface area (Å²) in [7, 11) is 0.129. The maximum absolute atomic E-state index is 12.6. The summed E-state index contributed by atoms with van der Waals surface area (Å²) in [5.41, 5.74) is 1.19. The molecule has 10 heteroatoms. The van der Waals surface area contributed by atoms with Gasteiger partial charge in [-0.15, -0.1) is 6.58 Å². The fourth-order valence-electron chi connectivity index (χ4n) is 3.76. The quantitative estimate of drug-likeness (QED) is 0.287. The third-order valence-electron chi connectivity index (χ3n) is 5.64. The summed E-state index contributed by atoms with van der Waals surface area (Å²) in [6.07, 6.45) is 2.93. The van der Waals surface area contributed by atoms with Gasteiger partial charge in [0.25, 0.3) is 5.69 Å². The molecule has 3 aromatic rings. The lowest BCUT2D eigenvalue weighted by molar-refractivity contribution is -0.384. The van der Waals surface area contributed by atoms with E-state index in [2.05, 4.69) is 23.4 Å². The average Bonchev–Trinajstić information content (AvgIpc) is 3.20. The number of para-hydroxylation sites is 1. The van der Waals surface area contributed by atoms with E-state index in [-0.39, 0.29) is 11.4 Å². The van der Waals surface area contributed by atoms with E-state index in [1.807, 2.05) is 30.3 Å². The maximum Gasteiger partial charge on any atom is 0.270 e. The van der Waals surface area contributed by atoms with E-state index in [0.29, 0.717) is 17.4 Å². The predicted octanol–water partition coefficient (Wildman–Crippen LogP) is 3.36. The van der Waals surface area contributed by atoms with Crippen molar-refractivity contribution in [1.82, 2.24) is 13.8 Å². The number of ether oxygens (including phenoxy) is 1. The molecule has 2 heterocycles. The topological polar surface area (TPSA) is 97.9 Å². The molecule has 0 N–H and O–H groups in total. The molecule has 0 saturated carbocycles. The van der Waals surface area contributed by atoms with Gasteiger partial charge in [0.15, 0.2) is 0 Å². The van der Waals surface area contributed by atoms with Gasteiger partial charge in [0.05, 0.1) is 23.3 Å². The van der Waals surface area contributed by atoms with Crippen molar-refractivity contribution >= 4 is 26.6 Å². The van der Waals surface area contributed by atoms with Crippen LogP contribution < -0.4 is 4.74 Å². The molecule has 4 rings (SSSR count). The summed E-state index contributed by atoms with van der Waals surface area (Å²) >= 11 is 0. The second-order valence-electron chi connectivity index (χ2n) is 8.07. The van der Waals surface area contributed by atoms with Crippen molar-refractivity contribution in [2.75, 3.05) is 46.1 Å². The van der Waals surface area contributed by atoms with Crippen LogP contribution in [0.2, 0.25) is 0 Å². The Balaban J connectivity index is 0.000000343. The zero-order chi connectivity index (χ0) is 24.7. The Morgan fingerprint density at radius 1 is 1.12 bits per heavy atom. The average molecular weight is 487 g/mol. The number of non-ortho nitro benzene ring substituents is 1. The molecule has 0 bridgehead atoms. The van der Waals surface area contributed by atoms with Gasteiger partial charge in [-0.1, -0.05) is 24.3 Å². The lowest BCUT2D eigenvalue weighted by atomic mass is 10.1. The minimum Gasteiger partial charge on any atom is -0.497 e. The van der Waals surface area contributed by atoms with E-state index < -0.39 is 14.9 Å². The summed E-state index contributed by atoms with van der Waals surface area (Å²) in [6.45, 7) is 7.68. The van der Waals surface area contributed by atoms with Crippen molar-refractivity contribution in [2.45, 2.75) is 6.54 Å². The molecule has 0 unspecified atom stereocenters. The van der Waals surface area contributed by atoms with Crippen LogP contribution >= 0.6 is 0 Å². The fraction of sp³-hybridized carbons (Fsp3) is 0.333. The predicted molar refractivity (Wildman–Crippen MR) is 134 cm³/mol. The van der Waals surface area contributed by atoms with Gasteiger partial charge in [0.1, 0.15) is 5.75 Å². The number of fused-ring (bicyclic) bond motifs is 1. The van der Waals surface area contributed by atoms with Gasteiger partial charge in [0.2, 0.25) is 10.0 Å². The highest BCUT2D eigenvalue weighted by Gasteiger charge is 2.22. The first-order valence-electron chi connectivity index (χ1n) is 10.9. The Hall–Kier alpha value is -3.21. The van der Waals surface area contributed by atoms with E-state index in [1.54, 1.807) is 13.3 Å². The molecule has 0 radical (unpaired) electrons. The molecule has 0 amide bonds. The Morgan fingerprint density at radius 2 is 1.79 bits per heavy atom. The molecular weight excluding hydrogens is 456 g/mol. The number of nitro groups is 1. The van der Waals surface area contributed by atoms with Gasteiger partial charge in [-0.3, -0.25) is 15.0 Å². The van der Waals surface area contributed by atoms with E-state index in [9.17, 15) is 18.5 Å². The Morgan fingerprint density at radius 3 is 2.35 bits per heavy atom. The largest absolute Gasteiger partial charge is 0.497 e. The molecule has 1 fully saturated rings. The number of aromatic nitrogens is 1. The molecule has 1 aliphatic heterocycles. The van der Waals surface area contributed by atoms with Crippen molar-refractivity contribution in [2.24, 2.45) is 0 Å². The lowest BCUT2D eigenvalue weighted by Crippen LogP contribution is -2.43. The van der Waals surface area contributed by atoms with Crippen molar-refractivity contribution in [3.05, 3.63) is 83.1 Å². The molecule has 1 saturated heterocycles. The van der Waals surface area contributed by atoms with Crippen molar-refractivity contribution in [3.63, 3.8) is 0 Å². The van der Waals surface area contributed by atoms with Crippen molar-refractivity contribution < 1.29 is 18.1 Å². The second-order valence-corrected chi connectivity index (χ2v) is 9.96.